The van der Waals surface area contributed by atoms with Crippen LogP contribution in [-0.2, 0) is 4.79 Å². The minimum absolute atomic E-state index is 0.0543. The SMILES string of the molecule is CC(C)(CO)CNC(=O)CCN1CCN(c2ccccn2)CC1. The number of aliphatic hydroxyl groups excluding tert-OH is 1. The molecule has 1 aliphatic heterocycles. The molecular formula is C17H28N4O2. The summed E-state index contributed by atoms with van der Waals surface area (Å²) in [5.41, 5.74) is -0.260. The predicted molar refractivity (Wildman–Crippen MR) is 91.4 cm³/mol. The smallest absolute Gasteiger partial charge is 0.221 e. The van der Waals surface area contributed by atoms with Crippen LogP contribution in [0.5, 0.6) is 0 Å². The van der Waals surface area contributed by atoms with E-state index in [0.29, 0.717) is 13.0 Å². The summed E-state index contributed by atoms with van der Waals surface area (Å²) in [5.74, 6) is 1.08. The largest absolute Gasteiger partial charge is 0.396 e. The first kappa shape index (κ1) is 17.7. The van der Waals surface area contributed by atoms with Gasteiger partial charge in [0.1, 0.15) is 5.82 Å². The Labute approximate surface area is 138 Å². The Bertz CT molecular complexity index is 485. The number of amides is 1. The fourth-order valence-electron chi connectivity index (χ4n) is 2.48. The second-order valence-corrected chi connectivity index (χ2v) is 6.87. The number of nitrogens with one attached hydrogen (secondary N) is 1. The van der Waals surface area contributed by atoms with E-state index in [1.807, 2.05) is 38.2 Å². The van der Waals surface area contributed by atoms with Gasteiger partial charge in [0, 0.05) is 63.9 Å². The molecule has 1 aliphatic rings. The van der Waals surface area contributed by atoms with E-state index in [0.717, 1.165) is 38.5 Å². The highest BCUT2D eigenvalue weighted by Crippen LogP contribution is 2.13. The molecule has 1 aromatic heterocycles. The van der Waals surface area contributed by atoms with Gasteiger partial charge < -0.3 is 15.3 Å². The number of hydrogen-bond acceptors (Lipinski definition) is 5. The fraction of sp³-hybridized carbons (Fsp3) is 0.647. The Morgan fingerprint density at radius 3 is 2.65 bits per heavy atom. The van der Waals surface area contributed by atoms with Gasteiger partial charge in [0.25, 0.3) is 0 Å². The molecule has 1 aromatic rings. The van der Waals surface area contributed by atoms with E-state index < -0.39 is 0 Å². The quantitative estimate of drug-likeness (QED) is 0.775. The molecule has 0 spiro atoms. The highest BCUT2D eigenvalue weighted by atomic mass is 16.3. The van der Waals surface area contributed by atoms with Crippen molar-refractivity contribution in [2.45, 2.75) is 20.3 Å². The zero-order chi connectivity index (χ0) is 16.7. The van der Waals surface area contributed by atoms with E-state index in [2.05, 4.69) is 20.1 Å². The molecule has 0 atom stereocenters. The van der Waals surface area contributed by atoms with E-state index in [1.54, 1.807) is 0 Å². The second kappa shape index (κ2) is 8.26. The number of carbonyl (C=O) groups is 1. The van der Waals surface area contributed by atoms with E-state index in [4.69, 9.17) is 0 Å². The average Bonchev–Trinajstić information content (AvgIpc) is 2.59. The van der Waals surface area contributed by atoms with Gasteiger partial charge in [-0.3, -0.25) is 9.69 Å². The lowest BCUT2D eigenvalue weighted by Crippen LogP contribution is -2.47. The van der Waals surface area contributed by atoms with Crippen LogP contribution in [0.25, 0.3) is 0 Å². The summed E-state index contributed by atoms with van der Waals surface area (Å²) in [6, 6.07) is 5.97. The maximum atomic E-state index is 11.9. The number of pyridine rings is 1. The number of hydrogen-bond donors (Lipinski definition) is 2. The highest BCUT2D eigenvalue weighted by Gasteiger charge is 2.20. The molecule has 1 saturated heterocycles. The maximum absolute atomic E-state index is 11.9. The lowest BCUT2D eigenvalue weighted by molar-refractivity contribution is -0.122. The van der Waals surface area contributed by atoms with Crippen molar-refractivity contribution in [1.29, 1.82) is 0 Å². The third-order valence-electron chi connectivity index (χ3n) is 4.19. The van der Waals surface area contributed by atoms with E-state index in [1.165, 1.54) is 0 Å². The molecule has 6 heteroatoms. The van der Waals surface area contributed by atoms with Gasteiger partial charge in [-0.1, -0.05) is 19.9 Å². The first-order valence-corrected chi connectivity index (χ1v) is 8.26. The van der Waals surface area contributed by atoms with Crippen molar-refractivity contribution in [2.75, 3.05) is 50.8 Å². The van der Waals surface area contributed by atoms with Gasteiger partial charge in [-0.05, 0) is 12.1 Å². The third-order valence-corrected chi connectivity index (χ3v) is 4.19. The van der Waals surface area contributed by atoms with Gasteiger partial charge in [0.15, 0.2) is 0 Å². The zero-order valence-corrected chi connectivity index (χ0v) is 14.2. The van der Waals surface area contributed by atoms with Crippen molar-refractivity contribution in [1.82, 2.24) is 15.2 Å². The summed E-state index contributed by atoms with van der Waals surface area (Å²) in [5, 5.41) is 12.1. The van der Waals surface area contributed by atoms with Crippen LogP contribution in [0.15, 0.2) is 24.4 Å². The lowest BCUT2D eigenvalue weighted by atomic mass is 9.95. The molecule has 2 N–H and O–H groups in total. The van der Waals surface area contributed by atoms with E-state index in [-0.39, 0.29) is 17.9 Å². The average molecular weight is 320 g/mol. The van der Waals surface area contributed by atoms with Crippen LogP contribution in [0, 0.1) is 5.41 Å². The van der Waals surface area contributed by atoms with Crippen molar-refractivity contribution >= 4 is 11.7 Å². The van der Waals surface area contributed by atoms with E-state index in [9.17, 15) is 9.90 Å². The van der Waals surface area contributed by atoms with Crippen molar-refractivity contribution in [3.63, 3.8) is 0 Å². The molecule has 128 valence electrons. The Morgan fingerprint density at radius 2 is 2.04 bits per heavy atom. The number of carbonyl (C=O) groups excluding carboxylic acids is 1. The summed E-state index contributed by atoms with van der Waals surface area (Å²) in [7, 11) is 0. The number of piperazine rings is 1. The minimum Gasteiger partial charge on any atom is -0.396 e. The van der Waals surface area contributed by atoms with Gasteiger partial charge in [0.05, 0.1) is 0 Å². The third kappa shape index (κ3) is 5.80. The standard InChI is InChI=1S/C17H28N4O2/c1-17(2,14-22)13-19-16(23)6-8-20-9-11-21(12-10-20)15-5-3-4-7-18-15/h3-5,7,22H,6,8-14H2,1-2H3,(H,19,23). The Morgan fingerprint density at radius 1 is 1.30 bits per heavy atom. The lowest BCUT2D eigenvalue weighted by Gasteiger charge is -2.35. The molecule has 2 rings (SSSR count). The van der Waals surface area contributed by atoms with Crippen LogP contribution < -0.4 is 10.2 Å². The first-order chi connectivity index (χ1) is 11.0. The van der Waals surface area contributed by atoms with Crippen molar-refractivity contribution in [3.05, 3.63) is 24.4 Å². The zero-order valence-electron chi connectivity index (χ0n) is 14.2. The van der Waals surface area contributed by atoms with Crippen LogP contribution in [0.3, 0.4) is 0 Å². The summed E-state index contributed by atoms with van der Waals surface area (Å²) >= 11 is 0. The molecule has 1 fully saturated rings. The molecule has 0 bridgehead atoms. The van der Waals surface area contributed by atoms with E-state index >= 15 is 0 Å². The molecule has 0 radical (unpaired) electrons. The van der Waals surface area contributed by atoms with Crippen molar-refractivity contribution in [3.8, 4) is 0 Å². The molecular weight excluding hydrogens is 292 g/mol. The Hall–Kier alpha value is -1.66. The summed E-state index contributed by atoms with van der Waals surface area (Å²) < 4.78 is 0. The van der Waals surface area contributed by atoms with Gasteiger partial charge >= 0.3 is 0 Å². The molecule has 0 aromatic carbocycles. The Balaban J connectivity index is 1.66. The summed E-state index contributed by atoms with van der Waals surface area (Å²) in [6.45, 7) is 9.01. The molecule has 1 amide bonds. The Kier molecular flexibility index (Phi) is 6.36. The molecule has 6 nitrogen and oxygen atoms in total. The predicted octanol–water partition coefficient (Wildman–Crippen LogP) is 0.728. The van der Waals surface area contributed by atoms with Crippen molar-refractivity contribution in [2.24, 2.45) is 5.41 Å². The second-order valence-electron chi connectivity index (χ2n) is 6.87. The van der Waals surface area contributed by atoms with Crippen molar-refractivity contribution < 1.29 is 9.90 Å². The first-order valence-electron chi connectivity index (χ1n) is 8.26. The number of aromatic nitrogens is 1. The van der Waals surface area contributed by atoms with Gasteiger partial charge in [0.2, 0.25) is 5.91 Å². The molecule has 23 heavy (non-hydrogen) atoms. The normalized spacial score (nSPS) is 16.4. The van der Waals surface area contributed by atoms with Gasteiger partial charge in [-0.25, -0.2) is 4.98 Å². The number of aliphatic hydroxyl groups is 1. The highest BCUT2D eigenvalue weighted by molar-refractivity contribution is 5.76. The topological polar surface area (TPSA) is 68.7 Å². The molecule has 0 unspecified atom stereocenters. The van der Waals surface area contributed by atoms with Gasteiger partial charge in [-0.15, -0.1) is 0 Å². The van der Waals surface area contributed by atoms with Crippen LogP contribution in [0.4, 0.5) is 5.82 Å². The summed E-state index contributed by atoms with van der Waals surface area (Å²) in [4.78, 5) is 20.9. The van der Waals surface area contributed by atoms with Gasteiger partial charge in [-0.2, -0.15) is 0 Å². The fourth-order valence-corrected chi connectivity index (χ4v) is 2.48. The van der Waals surface area contributed by atoms with Crippen LogP contribution in [0.2, 0.25) is 0 Å². The monoisotopic (exact) mass is 320 g/mol. The maximum Gasteiger partial charge on any atom is 0.221 e. The van der Waals surface area contributed by atoms with Crippen LogP contribution in [-0.4, -0.2) is 66.8 Å². The van der Waals surface area contributed by atoms with Crippen LogP contribution in [0.1, 0.15) is 20.3 Å². The number of rotatable bonds is 7. The molecule has 0 aliphatic carbocycles. The minimum atomic E-state index is -0.260. The number of anilines is 1. The number of nitrogens with zero attached hydrogens (tertiary/aromatic N) is 3. The molecule has 0 saturated carbocycles. The molecule has 2 heterocycles. The van der Waals surface area contributed by atoms with Crippen LogP contribution >= 0.6 is 0 Å². The summed E-state index contributed by atoms with van der Waals surface area (Å²) in [6.07, 6.45) is 2.32.